The standard InChI is InChI=1S/C6H4BrN3/c7-5-4-1-2-8-6(4)10-3-9-5/h1-3,6H. The van der Waals surface area contributed by atoms with Crippen LogP contribution in [0.4, 0.5) is 0 Å². The van der Waals surface area contributed by atoms with Crippen LogP contribution in [-0.2, 0) is 0 Å². The highest BCUT2D eigenvalue weighted by Crippen LogP contribution is 2.20. The lowest BCUT2D eigenvalue weighted by Gasteiger charge is -2.08. The van der Waals surface area contributed by atoms with Crippen LogP contribution in [0.5, 0.6) is 0 Å². The summed E-state index contributed by atoms with van der Waals surface area (Å²) in [6, 6.07) is 0. The first kappa shape index (κ1) is 5.97. The Morgan fingerprint density at radius 2 is 2.30 bits per heavy atom. The van der Waals surface area contributed by atoms with E-state index in [4.69, 9.17) is 0 Å². The van der Waals surface area contributed by atoms with Crippen molar-refractivity contribution in [3.05, 3.63) is 11.6 Å². The van der Waals surface area contributed by atoms with E-state index in [0.29, 0.717) is 0 Å². The van der Waals surface area contributed by atoms with Gasteiger partial charge in [0.2, 0.25) is 0 Å². The highest BCUT2D eigenvalue weighted by atomic mass is 79.9. The molecule has 4 heteroatoms. The average Bonchev–Trinajstić information content (AvgIpc) is 2.36. The van der Waals surface area contributed by atoms with E-state index in [2.05, 4.69) is 30.9 Å². The van der Waals surface area contributed by atoms with Crippen LogP contribution in [0.2, 0.25) is 0 Å². The smallest absolute Gasteiger partial charge is 0.169 e. The zero-order valence-electron chi connectivity index (χ0n) is 5.03. The molecule has 0 amide bonds. The Bertz CT molecular complexity index is 275. The molecule has 2 aliphatic rings. The summed E-state index contributed by atoms with van der Waals surface area (Å²) >= 11 is 3.31. The molecule has 0 fully saturated rings. The molecule has 1 atom stereocenters. The number of halogens is 1. The summed E-state index contributed by atoms with van der Waals surface area (Å²) in [5.41, 5.74) is 1.04. The molecular formula is C6H4BrN3. The van der Waals surface area contributed by atoms with Gasteiger partial charge in [0.05, 0.1) is 0 Å². The van der Waals surface area contributed by atoms with Crippen molar-refractivity contribution >= 4 is 33.1 Å². The molecule has 0 N–H and O–H groups in total. The first-order valence-electron chi connectivity index (χ1n) is 2.86. The number of hydrogen-bond acceptors (Lipinski definition) is 3. The van der Waals surface area contributed by atoms with Gasteiger partial charge in [-0.05, 0) is 22.0 Å². The third kappa shape index (κ3) is 0.759. The van der Waals surface area contributed by atoms with E-state index in [1.165, 1.54) is 6.34 Å². The molecule has 50 valence electrons. The molecule has 2 aliphatic heterocycles. The van der Waals surface area contributed by atoms with Crippen LogP contribution in [0.25, 0.3) is 0 Å². The van der Waals surface area contributed by atoms with Crippen molar-refractivity contribution in [2.75, 3.05) is 0 Å². The fourth-order valence-corrected chi connectivity index (χ4v) is 1.32. The Kier molecular flexibility index (Phi) is 1.27. The predicted molar refractivity (Wildman–Crippen MR) is 45.2 cm³/mol. The van der Waals surface area contributed by atoms with E-state index in [-0.39, 0.29) is 6.17 Å². The molecular weight excluding hydrogens is 194 g/mol. The van der Waals surface area contributed by atoms with Gasteiger partial charge in [-0.25, -0.2) is 9.98 Å². The van der Waals surface area contributed by atoms with Gasteiger partial charge in [0.15, 0.2) is 6.17 Å². The minimum atomic E-state index is -0.0353. The van der Waals surface area contributed by atoms with Gasteiger partial charge in [-0.2, -0.15) is 0 Å². The fraction of sp³-hybridized carbons (Fsp3) is 0.167. The van der Waals surface area contributed by atoms with E-state index in [0.717, 1.165) is 10.2 Å². The summed E-state index contributed by atoms with van der Waals surface area (Å²) in [5.74, 6) is 0. The van der Waals surface area contributed by atoms with E-state index < -0.39 is 0 Å². The molecule has 0 spiro atoms. The fourth-order valence-electron chi connectivity index (χ4n) is 0.887. The van der Waals surface area contributed by atoms with Gasteiger partial charge in [-0.1, -0.05) is 0 Å². The Hall–Kier alpha value is -0.770. The third-order valence-corrected chi connectivity index (χ3v) is 2.04. The van der Waals surface area contributed by atoms with Crippen LogP contribution < -0.4 is 0 Å². The third-order valence-electron chi connectivity index (χ3n) is 1.38. The van der Waals surface area contributed by atoms with Gasteiger partial charge < -0.3 is 0 Å². The van der Waals surface area contributed by atoms with Crippen molar-refractivity contribution in [3.63, 3.8) is 0 Å². The first-order valence-corrected chi connectivity index (χ1v) is 3.66. The molecule has 10 heavy (non-hydrogen) atoms. The molecule has 2 rings (SSSR count). The minimum absolute atomic E-state index is 0.0353. The largest absolute Gasteiger partial charge is 0.262 e. The second-order valence-electron chi connectivity index (χ2n) is 1.98. The van der Waals surface area contributed by atoms with E-state index in [9.17, 15) is 0 Å². The van der Waals surface area contributed by atoms with Crippen LogP contribution in [0, 0.1) is 0 Å². The second-order valence-corrected chi connectivity index (χ2v) is 2.73. The maximum Gasteiger partial charge on any atom is 0.169 e. The monoisotopic (exact) mass is 197 g/mol. The zero-order chi connectivity index (χ0) is 6.97. The van der Waals surface area contributed by atoms with Crippen molar-refractivity contribution in [1.29, 1.82) is 0 Å². The van der Waals surface area contributed by atoms with Gasteiger partial charge in [0.25, 0.3) is 0 Å². The topological polar surface area (TPSA) is 37.1 Å². The van der Waals surface area contributed by atoms with Crippen LogP contribution >= 0.6 is 15.9 Å². The lowest BCUT2D eigenvalue weighted by molar-refractivity contribution is 0.873. The number of nitrogens with zero attached hydrogens (tertiary/aromatic N) is 3. The predicted octanol–water partition coefficient (Wildman–Crippen LogP) is 1.16. The van der Waals surface area contributed by atoms with E-state index >= 15 is 0 Å². The van der Waals surface area contributed by atoms with Crippen molar-refractivity contribution in [1.82, 2.24) is 0 Å². The zero-order valence-corrected chi connectivity index (χ0v) is 6.62. The lowest BCUT2D eigenvalue weighted by Crippen LogP contribution is -2.11. The lowest BCUT2D eigenvalue weighted by atomic mass is 10.2. The maximum absolute atomic E-state index is 4.08. The van der Waals surface area contributed by atoms with Gasteiger partial charge in [-0.3, -0.25) is 4.99 Å². The number of allylic oxidation sites excluding steroid dienone is 1. The Labute approximate surface area is 66.4 Å². The quantitative estimate of drug-likeness (QED) is 0.560. The Morgan fingerprint density at radius 1 is 1.40 bits per heavy atom. The number of hydrogen-bond donors (Lipinski definition) is 0. The van der Waals surface area contributed by atoms with E-state index in [1.807, 2.05) is 6.08 Å². The van der Waals surface area contributed by atoms with Crippen LogP contribution in [-0.4, -0.2) is 23.3 Å². The van der Waals surface area contributed by atoms with E-state index in [1.54, 1.807) is 6.21 Å². The van der Waals surface area contributed by atoms with Gasteiger partial charge in [-0.15, -0.1) is 0 Å². The normalized spacial score (nSPS) is 27.9. The Balaban J connectivity index is 2.44. The Morgan fingerprint density at radius 3 is 3.10 bits per heavy atom. The molecule has 1 unspecified atom stereocenters. The highest BCUT2D eigenvalue weighted by Gasteiger charge is 2.19. The van der Waals surface area contributed by atoms with Gasteiger partial charge in [0, 0.05) is 11.8 Å². The summed E-state index contributed by atoms with van der Waals surface area (Å²) < 4.78 is 0.838. The van der Waals surface area contributed by atoms with Crippen LogP contribution in [0.1, 0.15) is 0 Å². The average molecular weight is 198 g/mol. The summed E-state index contributed by atoms with van der Waals surface area (Å²) in [4.78, 5) is 12.1. The van der Waals surface area contributed by atoms with Gasteiger partial charge >= 0.3 is 0 Å². The summed E-state index contributed by atoms with van der Waals surface area (Å²) in [7, 11) is 0. The molecule has 0 radical (unpaired) electrons. The number of fused-ring (bicyclic) bond motifs is 1. The molecule has 3 nitrogen and oxygen atoms in total. The van der Waals surface area contributed by atoms with Crippen molar-refractivity contribution in [2.24, 2.45) is 15.0 Å². The number of rotatable bonds is 0. The molecule has 0 aromatic rings. The first-order chi connectivity index (χ1) is 4.88. The van der Waals surface area contributed by atoms with Gasteiger partial charge in [0.1, 0.15) is 11.0 Å². The molecule has 0 aromatic carbocycles. The van der Waals surface area contributed by atoms with Crippen LogP contribution in [0.3, 0.4) is 0 Å². The molecule has 0 aromatic heterocycles. The second kappa shape index (κ2) is 2.12. The SMILES string of the molecule is BrC1=NC=NC2N=CC=C12. The summed E-state index contributed by atoms with van der Waals surface area (Å²) in [5, 5.41) is 0. The molecule has 2 heterocycles. The summed E-state index contributed by atoms with van der Waals surface area (Å²) in [6.45, 7) is 0. The molecule has 0 saturated carbocycles. The minimum Gasteiger partial charge on any atom is -0.262 e. The van der Waals surface area contributed by atoms with Crippen molar-refractivity contribution in [3.8, 4) is 0 Å². The van der Waals surface area contributed by atoms with Crippen LogP contribution in [0.15, 0.2) is 26.6 Å². The molecule has 0 saturated heterocycles. The van der Waals surface area contributed by atoms with Crippen molar-refractivity contribution in [2.45, 2.75) is 6.17 Å². The molecule has 0 aliphatic carbocycles. The number of aliphatic imine (C=N–C) groups is 3. The molecule has 0 bridgehead atoms. The van der Waals surface area contributed by atoms with Crippen molar-refractivity contribution < 1.29 is 0 Å². The summed E-state index contributed by atoms with van der Waals surface area (Å²) in [6.07, 6.45) is 5.15. The maximum atomic E-state index is 4.08. The highest BCUT2D eigenvalue weighted by molar-refractivity contribution is 9.18.